The topological polar surface area (TPSA) is 37.8 Å². The third-order valence-corrected chi connectivity index (χ3v) is 2.89. The molecule has 2 heterocycles. The summed E-state index contributed by atoms with van der Waals surface area (Å²) in [4.78, 5) is 8.47. The number of nitrogens with one attached hydrogen (secondary N) is 1. The van der Waals surface area contributed by atoms with E-state index >= 15 is 0 Å². The van der Waals surface area contributed by atoms with Crippen molar-refractivity contribution in [3.63, 3.8) is 0 Å². The van der Waals surface area contributed by atoms with Gasteiger partial charge in [-0.05, 0) is 42.3 Å². The standard InChI is InChI=1S/C11H13N3S/c1-8-3-5-12-11(13-8)14-9(2)10-4-6-15-7-10/h3-7,9H,1-2H3,(H,12,13,14). The largest absolute Gasteiger partial charge is 0.348 e. The fourth-order valence-corrected chi connectivity index (χ4v) is 2.07. The summed E-state index contributed by atoms with van der Waals surface area (Å²) >= 11 is 1.70. The molecule has 0 aliphatic carbocycles. The molecule has 78 valence electrons. The van der Waals surface area contributed by atoms with Gasteiger partial charge in [-0.25, -0.2) is 9.97 Å². The maximum Gasteiger partial charge on any atom is 0.223 e. The highest BCUT2D eigenvalue weighted by Gasteiger charge is 2.06. The van der Waals surface area contributed by atoms with E-state index in [1.54, 1.807) is 17.5 Å². The van der Waals surface area contributed by atoms with E-state index in [-0.39, 0.29) is 6.04 Å². The first-order valence-electron chi connectivity index (χ1n) is 4.84. The van der Waals surface area contributed by atoms with Crippen LogP contribution in [-0.2, 0) is 0 Å². The quantitative estimate of drug-likeness (QED) is 0.862. The first kappa shape index (κ1) is 10.1. The summed E-state index contributed by atoms with van der Waals surface area (Å²) in [5.74, 6) is 0.689. The summed E-state index contributed by atoms with van der Waals surface area (Å²) < 4.78 is 0. The molecule has 1 N–H and O–H groups in total. The van der Waals surface area contributed by atoms with Crippen molar-refractivity contribution in [3.8, 4) is 0 Å². The Balaban J connectivity index is 2.09. The molecule has 2 rings (SSSR count). The number of nitrogens with zero attached hydrogens (tertiary/aromatic N) is 2. The van der Waals surface area contributed by atoms with Crippen LogP contribution in [0.15, 0.2) is 29.1 Å². The van der Waals surface area contributed by atoms with Crippen molar-refractivity contribution in [3.05, 3.63) is 40.3 Å². The number of aromatic nitrogens is 2. The molecule has 0 aliphatic heterocycles. The van der Waals surface area contributed by atoms with Crippen LogP contribution in [0.3, 0.4) is 0 Å². The summed E-state index contributed by atoms with van der Waals surface area (Å²) in [5.41, 5.74) is 2.25. The smallest absolute Gasteiger partial charge is 0.223 e. The van der Waals surface area contributed by atoms with Gasteiger partial charge < -0.3 is 5.32 Å². The zero-order valence-electron chi connectivity index (χ0n) is 8.77. The molecule has 2 aromatic rings. The Kier molecular flexibility index (Phi) is 2.97. The van der Waals surface area contributed by atoms with Crippen molar-refractivity contribution < 1.29 is 0 Å². The summed E-state index contributed by atoms with van der Waals surface area (Å²) in [5, 5.41) is 7.48. The van der Waals surface area contributed by atoms with E-state index in [0.29, 0.717) is 5.95 Å². The highest BCUT2D eigenvalue weighted by atomic mass is 32.1. The number of hydrogen-bond acceptors (Lipinski definition) is 4. The average Bonchev–Trinajstić information content (AvgIpc) is 2.70. The van der Waals surface area contributed by atoms with Crippen LogP contribution in [0.25, 0.3) is 0 Å². The molecule has 0 fully saturated rings. The maximum atomic E-state index is 4.30. The van der Waals surface area contributed by atoms with Crippen LogP contribution in [0.1, 0.15) is 24.2 Å². The summed E-state index contributed by atoms with van der Waals surface area (Å²) in [6.07, 6.45) is 1.77. The normalized spacial score (nSPS) is 12.4. The minimum atomic E-state index is 0.248. The van der Waals surface area contributed by atoms with Crippen LogP contribution in [0.5, 0.6) is 0 Å². The van der Waals surface area contributed by atoms with Crippen molar-refractivity contribution in [2.24, 2.45) is 0 Å². The van der Waals surface area contributed by atoms with Gasteiger partial charge in [0.05, 0.1) is 6.04 Å². The minimum Gasteiger partial charge on any atom is -0.348 e. The van der Waals surface area contributed by atoms with Crippen LogP contribution in [0, 0.1) is 6.92 Å². The monoisotopic (exact) mass is 219 g/mol. The fraction of sp³-hybridized carbons (Fsp3) is 0.273. The summed E-state index contributed by atoms with van der Waals surface area (Å²) in [7, 11) is 0. The zero-order valence-corrected chi connectivity index (χ0v) is 9.58. The van der Waals surface area contributed by atoms with Crippen LogP contribution < -0.4 is 5.32 Å². The van der Waals surface area contributed by atoms with Gasteiger partial charge in [0.25, 0.3) is 0 Å². The molecular formula is C11H13N3S. The first-order valence-corrected chi connectivity index (χ1v) is 5.78. The van der Waals surface area contributed by atoms with Crippen molar-refractivity contribution in [1.82, 2.24) is 9.97 Å². The molecule has 0 spiro atoms. The molecular weight excluding hydrogens is 206 g/mol. The number of rotatable bonds is 3. The molecule has 0 radical (unpaired) electrons. The lowest BCUT2D eigenvalue weighted by Crippen LogP contribution is -2.08. The van der Waals surface area contributed by atoms with Gasteiger partial charge in [0.1, 0.15) is 0 Å². The van der Waals surface area contributed by atoms with Gasteiger partial charge in [0, 0.05) is 11.9 Å². The van der Waals surface area contributed by atoms with Crippen LogP contribution >= 0.6 is 11.3 Å². The van der Waals surface area contributed by atoms with E-state index in [1.165, 1.54) is 5.56 Å². The molecule has 0 amide bonds. The average molecular weight is 219 g/mol. The van der Waals surface area contributed by atoms with Crippen molar-refractivity contribution in [2.75, 3.05) is 5.32 Å². The second kappa shape index (κ2) is 4.40. The van der Waals surface area contributed by atoms with Gasteiger partial charge >= 0.3 is 0 Å². The van der Waals surface area contributed by atoms with Gasteiger partial charge in [-0.2, -0.15) is 11.3 Å². The lowest BCUT2D eigenvalue weighted by atomic mass is 10.2. The van der Waals surface area contributed by atoms with Gasteiger partial charge in [-0.15, -0.1) is 0 Å². The molecule has 0 saturated carbocycles. The molecule has 0 saturated heterocycles. The van der Waals surface area contributed by atoms with E-state index in [1.807, 2.05) is 13.0 Å². The van der Waals surface area contributed by atoms with Crippen molar-refractivity contribution in [2.45, 2.75) is 19.9 Å². The van der Waals surface area contributed by atoms with E-state index in [2.05, 4.69) is 39.0 Å². The molecule has 0 aliphatic rings. The Morgan fingerprint density at radius 1 is 1.40 bits per heavy atom. The van der Waals surface area contributed by atoms with Gasteiger partial charge in [-0.1, -0.05) is 0 Å². The molecule has 3 nitrogen and oxygen atoms in total. The Morgan fingerprint density at radius 3 is 2.93 bits per heavy atom. The van der Waals surface area contributed by atoms with Crippen molar-refractivity contribution in [1.29, 1.82) is 0 Å². The van der Waals surface area contributed by atoms with Gasteiger partial charge in [-0.3, -0.25) is 0 Å². The van der Waals surface area contributed by atoms with Gasteiger partial charge in [0.15, 0.2) is 0 Å². The highest BCUT2D eigenvalue weighted by Crippen LogP contribution is 2.18. The second-order valence-corrected chi connectivity index (χ2v) is 4.22. The van der Waals surface area contributed by atoms with Crippen molar-refractivity contribution >= 4 is 17.3 Å². The van der Waals surface area contributed by atoms with E-state index < -0.39 is 0 Å². The predicted molar refractivity (Wildman–Crippen MR) is 63.1 cm³/mol. The van der Waals surface area contributed by atoms with E-state index in [4.69, 9.17) is 0 Å². The third-order valence-electron chi connectivity index (χ3n) is 2.18. The minimum absolute atomic E-state index is 0.248. The Bertz CT molecular complexity index is 425. The molecule has 1 unspecified atom stereocenters. The number of anilines is 1. The highest BCUT2D eigenvalue weighted by molar-refractivity contribution is 7.07. The van der Waals surface area contributed by atoms with E-state index in [0.717, 1.165) is 5.69 Å². The Hall–Kier alpha value is -1.42. The molecule has 1 atom stereocenters. The molecule has 2 aromatic heterocycles. The fourth-order valence-electron chi connectivity index (χ4n) is 1.32. The third kappa shape index (κ3) is 2.53. The lowest BCUT2D eigenvalue weighted by molar-refractivity contribution is 0.861. The Labute approximate surface area is 93.2 Å². The van der Waals surface area contributed by atoms with Crippen LogP contribution in [0.4, 0.5) is 5.95 Å². The lowest BCUT2D eigenvalue weighted by Gasteiger charge is -2.12. The number of aryl methyl sites for hydroxylation is 1. The van der Waals surface area contributed by atoms with Gasteiger partial charge in [0.2, 0.25) is 5.95 Å². The molecule has 0 bridgehead atoms. The zero-order chi connectivity index (χ0) is 10.7. The number of thiophene rings is 1. The maximum absolute atomic E-state index is 4.30. The number of hydrogen-bond donors (Lipinski definition) is 1. The Morgan fingerprint density at radius 2 is 2.27 bits per heavy atom. The SMILES string of the molecule is Cc1ccnc(NC(C)c2ccsc2)n1. The first-order chi connectivity index (χ1) is 7.25. The van der Waals surface area contributed by atoms with E-state index in [9.17, 15) is 0 Å². The predicted octanol–water partition coefficient (Wildman–Crippen LogP) is 3.02. The molecule has 4 heteroatoms. The molecule has 15 heavy (non-hydrogen) atoms. The summed E-state index contributed by atoms with van der Waals surface area (Å²) in [6, 6.07) is 4.25. The van der Waals surface area contributed by atoms with Crippen LogP contribution in [0.2, 0.25) is 0 Å². The second-order valence-electron chi connectivity index (χ2n) is 3.44. The molecule has 0 aromatic carbocycles. The van der Waals surface area contributed by atoms with Crippen LogP contribution in [-0.4, -0.2) is 9.97 Å². The summed E-state index contributed by atoms with van der Waals surface area (Å²) in [6.45, 7) is 4.07.